The first kappa shape index (κ1) is 12.0. The molecule has 0 atom stereocenters. The number of rotatable bonds is 2. The molecule has 0 spiro atoms. The Hall–Kier alpha value is -1.45. The third-order valence-corrected chi connectivity index (χ3v) is 2.82. The van der Waals surface area contributed by atoms with Crippen molar-refractivity contribution < 1.29 is 8.78 Å². The molecule has 0 aliphatic carbocycles. The van der Waals surface area contributed by atoms with Crippen molar-refractivity contribution in [3.63, 3.8) is 0 Å². The van der Waals surface area contributed by atoms with Crippen LogP contribution in [0, 0.1) is 11.6 Å². The van der Waals surface area contributed by atoms with E-state index in [4.69, 9.17) is 17.3 Å². The van der Waals surface area contributed by atoms with Crippen LogP contribution in [0.1, 0.15) is 5.56 Å². The molecule has 1 nitrogen and oxygen atoms in total. The Bertz CT molecular complexity index is 555. The van der Waals surface area contributed by atoms with Gasteiger partial charge in [0.2, 0.25) is 0 Å². The van der Waals surface area contributed by atoms with Crippen molar-refractivity contribution in [2.75, 3.05) is 0 Å². The lowest BCUT2D eigenvalue weighted by Crippen LogP contribution is -1.97. The molecule has 4 heteroatoms. The van der Waals surface area contributed by atoms with Crippen molar-refractivity contribution in [1.29, 1.82) is 0 Å². The highest BCUT2D eigenvalue weighted by molar-refractivity contribution is 6.33. The Balaban J connectivity index is 2.59. The van der Waals surface area contributed by atoms with Gasteiger partial charge in [-0.2, -0.15) is 0 Å². The van der Waals surface area contributed by atoms with Gasteiger partial charge in [0.05, 0.1) is 0 Å². The number of benzene rings is 2. The van der Waals surface area contributed by atoms with E-state index in [2.05, 4.69) is 0 Å². The molecule has 0 saturated carbocycles. The summed E-state index contributed by atoms with van der Waals surface area (Å²) in [5.41, 5.74) is 7.14. The van der Waals surface area contributed by atoms with Crippen molar-refractivity contribution >= 4 is 11.6 Å². The molecule has 0 aromatic heterocycles. The molecule has 2 aromatic carbocycles. The third-order valence-electron chi connectivity index (χ3n) is 2.49. The largest absolute Gasteiger partial charge is 0.326 e. The molecule has 2 aromatic rings. The van der Waals surface area contributed by atoms with Crippen LogP contribution in [0.4, 0.5) is 8.78 Å². The molecular formula is C13H10ClF2N. The number of hydrogen-bond acceptors (Lipinski definition) is 1. The summed E-state index contributed by atoms with van der Waals surface area (Å²) < 4.78 is 26.4. The highest BCUT2D eigenvalue weighted by atomic mass is 35.5. The van der Waals surface area contributed by atoms with Gasteiger partial charge in [0.1, 0.15) is 11.6 Å². The van der Waals surface area contributed by atoms with Crippen LogP contribution >= 0.6 is 11.6 Å². The van der Waals surface area contributed by atoms with Crippen LogP contribution in [-0.4, -0.2) is 0 Å². The molecule has 88 valence electrons. The SMILES string of the molecule is NCc1ccc(Cl)c(-c2ccc(F)cc2F)c1. The molecule has 0 aliphatic rings. The zero-order chi connectivity index (χ0) is 12.4. The van der Waals surface area contributed by atoms with E-state index in [0.29, 0.717) is 17.1 Å². The second-order valence-electron chi connectivity index (χ2n) is 3.64. The zero-order valence-electron chi connectivity index (χ0n) is 8.88. The maximum absolute atomic E-state index is 13.6. The van der Waals surface area contributed by atoms with Crippen molar-refractivity contribution in [1.82, 2.24) is 0 Å². The average Bonchev–Trinajstić information content (AvgIpc) is 2.30. The molecule has 0 amide bonds. The first-order chi connectivity index (χ1) is 8.11. The van der Waals surface area contributed by atoms with E-state index >= 15 is 0 Å². The van der Waals surface area contributed by atoms with Crippen LogP contribution < -0.4 is 5.73 Å². The minimum Gasteiger partial charge on any atom is -0.326 e. The lowest BCUT2D eigenvalue weighted by Gasteiger charge is -2.08. The normalized spacial score (nSPS) is 10.6. The van der Waals surface area contributed by atoms with E-state index in [1.54, 1.807) is 18.2 Å². The van der Waals surface area contributed by atoms with E-state index in [1.165, 1.54) is 12.1 Å². The minimum absolute atomic E-state index is 0.270. The first-order valence-electron chi connectivity index (χ1n) is 5.05. The van der Waals surface area contributed by atoms with Crippen LogP contribution in [0.15, 0.2) is 36.4 Å². The summed E-state index contributed by atoms with van der Waals surface area (Å²) in [5.74, 6) is -1.25. The van der Waals surface area contributed by atoms with Crippen LogP contribution in [0.3, 0.4) is 0 Å². The van der Waals surface area contributed by atoms with Gasteiger partial charge in [-0.3, -0.25) is 0 Å². The lowest BCUT2D eigenvalue weighted by atomic mass is 10.0. The molecule has 0 unspecified atom stereocenters. The quantitative estimate of drug-likeness (QED) is 0.867. The standard InChI is InChI=1S/C13H10ClF2N/c14-12-4-1-8(7-17)5-11(12)10-3-2-9(15)6-13(10)16/h1-6H,7,17H2. The molecule has 0 heterocycles. The Kier molecular flexibility index (Phi) is 3.41. The summed E-state index contributed by atoms with van der Waals surface area (Å²) >= 11 is 6.00. The topological polar surface area (TPSA) is 26.0 Å². The average molecular weight is 254 g/mol. The fourth-order valence-corrected chi connectivity index (χ4v) is 1.83. The minimum atomic E-state index is -0.638. The van der Waals surface area contributed by atoms with Crippen LogP contribution in [0.5, 0.6) is 0 Å². The van der Waals surface area contributed by atoms with Gasteiger partial charge < -0.3 is 5.73 Å². The summed E-state index contributed by atoms with van der Waals surface area (Å²) in [6.45, 7) is 0.340. The Morgan fingerprint density at radius 1 is 1.00 bits per heavy atom. The van der Waals surface area contributed by atoms with Gasteiger partial charge in [-0.1, -0.05) is 17.7 Å². The van der Waals surface area contributed by atoms with E-state index in [-0.39, 0.29) is 5.56 Å². The Morgan fingerprint density at radius 3 is 2.41 bits per heavy atom. The number of halogens is 3. The van der Waals surface area contributed by atoms with Gasteiger partial charge >= 0.3 is 0 Å². The van der Waals surface area contributed by atoms with E-state index in [9.17, 15) is 8.78 Å². The second kappa shape index (κ2) is 4.82. The molecule has 17 heavy (non-hydrogen) atoms. The van der Waals surface area contributed by atoms with Crippen molar-refractivity contribution in [2.24, 2.45) is 5.73 Å². The summed E-state index contributed by atoms with van der Waals surface area (Å²) in [5, 5.41) is 0.410. The second-order valence-corrected chi connectivity index (χ2v) is 4.05. The van der Waals surface area contributed by atoms with Crippen molar-refractivity contribution in [2.45, 2.75) is 6.54 Å². The molecule has 0 aliphatic heterocycles. The van der Waals surface area contributed by atoms with Gasteiger partial charge in [-0.25, -0.2) is 8.78 Å². The van der Waals surface area contributed by atoms with E-state index < -0.39 is 11.6 Å². The third kappa shape index (κ3) is 2.46. The number of hydrogen-bond donors (Lipinski definition) is 1. The smallest absolute Gasteiger partial charge is 0.133 e. The molecule has 0 radical (unpaired) electrons. The molecular weight excluding hydrogens is 244 g/mol. The molecule has 2 N–H and O–H groups in total. The summed E-state index contributed by atoms with van der Waals surface area (Å²) in [7, 11) is 0. The highest BCUT2D eigenvalue weighted by Crippen LogP contribution is 2.31. The Labute approximate surface area is 103 Å². The van der Waals surface area contributed by atoms with Crippen LogP contribution in [0.2, 0.25) is 5.02 Å². The molecule has 2 rings (SSSR count). The summed E-state index contributed by atoms with van der Waals surface area (Å²) in [6.07, 6.45) is 0. The van der Waals surface area contributed by atoms with Crippen LogP contribution in [-0.2, 0) is 6.54 Å². The first-order valence-corrected chi connectivity index (χ1v) is 5.43. The zero-order valence-corrected chi connectivity index (χ0v) is 9.64. The van der Waals surface area contributed by atoms with Gasteiger partial charge in [0.25, 0.3) is 0 Å². The van der Waals surface area contributed by atoms with Crippen LogP contribution in [0.25, 0.3) is 11.1 Å². The fraction of sp³-hybridized carbons (Fsp3) is 0.0769. The van der Waals surface area contributed by atoms with E-state index in [0.717, 1.165) is 11.6 Å². The number of nitrogens with two attached hydrogens (primary N) is 1. The molecule has 0 fully saturated rings. The van der Waals surface area contributed by atoms with Crippen molar-refractivity contribution in [3.8, 4) is 11.1 Å². The van der Waals surface area contributed by atoms with E-state index in [1.807, 2.05) is 0 Å². The van der Waals surface area contributed by atoms with Gasteiger partial charge in [0, 0.05) is 28.8 Å². The van der Waals surface area contributed by atoms with Gasteiger partial charge in [-0.15, -0.1) is 0 Å². The molecule has 0 saturated heterocycles. The molecule has 0 bridgehead atoms. The van der Waals surface area contributed by atoms with Gasteiger partial charge in [0.15, 0.2) is 0 Å². The summed E-state index contributed by atoms with van der Waals surface area (Å²) in [4.78, 5) is 0. The monoisotopic (exact) mass is 253 g/mol. The maximum atomic E-state index is 13.6. The Morgan fingerprint density at radius 2 is 1.76 bits per heavy atom. The van der Waals surface area contributed by atoms with Gasteiger partial charge in [-0.05, 0) is 29.8 Å². The predicted octanol–water partition coefficient (Wildman–Crippen LogP) is 3.74. The maximum Gasteiger partial charge on any atom is 0.133 e. The lowest BCUT2D eigenvalue weighted by molar-refractivity contribution is 0.585. The van der Waals surface area contributed by atoms with Crippen molar-refractivity contribution in [3.05, 3.63) is 58.6 Å². The highest BCUT2D eigenvalue weighted by Gasteiger charge is 2.10. The predicted molar refractivity (Wildman–Crippen MR) is 64.7 cm³/mol. The summed E-state index contributed by atoms with van der Waals surface area (Å²) in [6, 6.07) is 8.53. The fourth-order valence-electron chi connectivity index (χ4n) is 1.61.